The largest absolute Gasteiger partial charge is 0.461 e. The summed E-state index contributed by atoms with van der Waals surface area (Å²) in [6.45, 7) is 36.1. The molecule has 4 rings (SSSR count). The van der Waals surface area contributed by atoms with Crippen LogP contribution in [0.5, 0.6) is 0 Å². The number of carbonyl (C=O) groups is 4. The van der Waals surface area contributed by atoms with Crippen molar-refractivity contribution in [1.29, 1.82) is 0 Å². The van der Waals surface area contributed by atoms with Gasteiger partial charge in [0.25, 0.3) is 0 Å². The van der Waals surface area contributed by atoms with Crippen molar-refractivity contribution >= 4 is 24.1 Å². The number of amides is 2. The van der Waals surface area contributed by atoms with Crippen LogP contribution in [0, 0.1) is 57.2 Å². The third kappa shape index (κ3) is 12.3. The number of esters is 2. The first-order valence-electron chi connectivity index (χ1n) is 24.8. The number of ether oxygens (including phenoxy) is 4. The van der Waals surface area contributed by atoms with Crippen LogP contribution in [0.4, 0.5) is 9.59 Å². The highest BCUT2D eigenvalue weighted by atomic mass is 16.6. The highest BCUT2D eigenvalue weighted by Gasteiger charge is 2.72. The van der Waals surface area contributed by atoms with Crippen LogP contribution in [0.2, 0.25) is 0 Å². The molecule has 12 nitrogen and oxygen atoms in total. The summed E-state index contributed by atoms with van der Waals surface area (Å²) in [5.74, 6) is -0.687. The molecule has 0 aromatic heterocycles. The van der Waals surface area contributed by atoms with E-state index in [1.54, 1.807) is 55.4 Å². The maximum absolute atomic E-state index is 14.6. The minimum Gasteiger partial charge on any atom is -0.461 e. The first-order valence-corrected chi connectivity index (χ1v) is 24.8. The van der Waals surface area contributed by atoms with Crippen molar-refractivity contribution in [2.45, 2.75) is 248 Å². The van der Waals surface area contributed by atoms with E-state index in [9.17, 15) is 29.4 Å². The number of nitrogens with one attached hydrogen (secondary N) is 2. The second-order valence-corrected chi connectivity index (χ2v) is 25.8. The van der Waals surface area contributed by atoms with Crippen molar-refractivity contribution < 1.29 is 48.3 Å². The third-order valence-corrected chi connectivity index (χ3v) is 16.5. The third-order valence-electron chi connectivity index (χ3n) is 16.5. The average Bonchev–Trinajstić information content (AvgIpc) is 3.47. The van der Waals surface area contributed by atoms with Crippen LogP contribution >= 0.6 is 0 Å². The molecule has 4 aliphatic rings. The zero-order chi connectivity index (χ0) is 48.8. The van der Waals surface area contributed by atoms with Gasteiger partial charge in [-0.2, -0.15) is 0 Å². The normalized spacial score (nSPS) is 33.4. The molecular weight excluding hydrogens is 813 g/mol. The van der Waals surface area contributed by atoms with E-state index in [0.717, 1.165) is 32.1 Å². The lowest BCUT2D eigenvalue weighted by Crippen LogP contribution is -2.67. The maximum Gasteiger partial charge on any atom is 0.408 e. The van der Waals surface area contributed by atoms with E-state index in [0.29, 0.717) is 44.9 Å². The van der Waals surface area contributed by atoms with Crippen LogP contribution in [0.3, 0.4) is 0 Å². The molecule has 4 saturated carbocycles. The maximum atomic E-state index is 14.6. The van der Waals surface area contributed by atoms with Crippen molar-refractivity contribution in [3.63, 3.8) is 0 Å². The molecule has 2 amide bonds. The van der Waals surface area contributed by atoms with Crippen molar-refractivity contribution in [2.24, 2.45) is 57.2 Å². The van der Waals surface area contributed by atoms with Gasteiger partial charge in [-0.1, -0.05) is 62.3 Å². The molecule has 1 unspecified atom stereocenters. The van der Waals surface area contributed by atoms with Gasteiger partial charge in [0.2, 0.25) is 0 Å². The Balaban J connectivity index is 1.71. The first kappa shape index (κ1) is 54.0. The predicted molar refractivity (Wildman–Crippen MR) is 250 cm³/mol. The topological polar surface area (TPSA) is 170 Å². The van der Waals surface area contributed by atoms with Gasteiger partial charge in [0, 0.05) is 11.3 Å². The van der Waals surface area contributed by atoms with Crippen LogP contribution < -0.4 is 10.6 Å². The molecule has 64 heavy (non-hydrogen) atoms. The van der Waals surface area contributed by atoms with Gasteiger partial charge < -0.3 is 39.8 Å². The highest BCUT2D eigenvalue weighted by molar-refractivity contribution is 5.82. The van der Waals surface area contributed by atoms with Crippen molar-refractivity contribution in [3.05, 3.63) is 0 Å². The molecule has 0 radical (unpaired) electrons. The molecule has 0 aromatic rings. The van der Waals surface area contributed by atoms with Gasteiger partial charge in [0.15, 0.2) is 0 Å². The summed E-state index contributed by atoms with van der Waals surface area (Å²) in [5.41, 5.74) is -4.44. The SMILES string of the molecule is CC(C)C[C@H](NC(=O)OC(C)(C)C)C(=O)O[C@H]1CC[C@@]2(C)[C@H](CC[C@]3(C)[C@@H]2C[C@@H](OC(=O)[C@H](CC(C)C)NC(=O)OC(C)(C)C)[C@@H]2C([C@](C)(O)CCCC(C)(C)O)CC[C@]23C)C1(C)C. The Hall–Kier alpha value is -2.60. The Bertz CT molecular complexity index is 1650. The van der Waals surface area contributed by atoms with Crippen LogP contribution in [0.1, 0.15) is 202 Å². The highest BCUT2D eigenvalue weighted by Crippen LogP contribution is 2.76. The van der Waals surface area contributed by atoms with Gasteiger partial charge in [0.05, 0.1) is 11.2 Å². The van der Waals surface area contributed by atoms with Crippen LogP contribution in [0.25, 0.3) is 0 Å². The molecule has 370 valence electrons. The Morgan fingerprint density at radius 3 is 1.59 bits per heavy atom. The quantitative estimate of drug-likeness (QED) is 0.0916. The molecule has 0 heterocycles. The van der Waals surface area contributed by atoms with Gasteiger partial charge in [-0.3, -0.25) is 0 Å². The molecular formula is C52H92N2O10. The number of hydrogen-bond donors (Lipinski definition) is 4. The zero-order valence-corrected chi connectivity index (χ0v) is 43.4. The van der Waals surface area contributed by atoms with Crippen LogP contribution in [-0.4, -0.2) is 81.0 Å². The molecule has 4 fully saturated rings. The summed E-state index contributed by atoms with van der Waals surface area (Å²) in [7, 11) is 0. The second-order valence-electron chi connectivity index (χ2n) is 25.8. The smallest absolute Gasteiger partial charge is 0.408 e. The lowest BCUT2D eigenvalue weighted by molar-refractivity contribution is -0.253. The number of carbonyl (C=O) groups excluding carboxylic acids is 4. The summed E-state index contributed by atoms with van der Waals surface area (Å²) < 4.78 is 24.4. The second kappa shape index (κ2) is 19.2. The molecule has 4 N–H and O–H groups in total. The molecule has 12 atom stereocenters. The molecule has 0 spiro atoms. The zero-order valence-electron chi connectivity index (χ0n) is 43.4. The monoisotopic (exact) mass is 905 g/mol. The number of fused-ring (bicyclic) bond motifs is 5. The van der Waals surface area contributed by atoms with Crippen molar-refractivity contribution in [1.82, 2.24) is 10.6 Å². The van der Waals surface area contributed by atoms with E-state index >= 15 is 0 Å². The number of hydrogen-bond acceptors (Lipinski definition) is 10. The van der Waals surface area contributed by atoms with Gasteiger partial charge >= 0.3 is 24.1 Å². The number of aliphatic hydroxyl groups is 2. The Labute approximate surface area is 387 Å². The lowest BCUT2D eigenvalue weighted by atomic mass is 9.35. The standard InChI is InChI=1S/C52H92N2O10/c1-31(2)28-34(53-43(57)63-45(5,6)7)41(55)61-36-30-38-49(15)25-22-39(62-42(56)35(29-32(3)4)54-44(58)64-46(8,9)10)48(13,14)37(49)21-27-50(38,16)51(17)26-20-33(40(36)51)52(18,60)24-19-23-47(11,12)59/h31-40,59-60H,19-30H2,1-18H3,(H,53,57)(H,54,58)/t33?,34-,35-,36+,37+,38+,39-,40-,49-,50+,51+,52+/m0/s1. The van der Waals surface area contributed by atoms with E-state index in [2.05, 4.69) is 45.3 Å². The van der Waals surface area contributed by atoms with E-state index < -0.39 is 70.1 Å². The van der Waals surface area contributed by atoms with Crippen molar-refractivity contribution in [2.75, 3.05) is 0 Å². The van der Waals surface area contributed by atoms with Crippen LogP contribution in [0.15, 0.2) is 0 Å². The summed E-state index contributed by atoms with van der Waals surface area (Å²) in [6, 6.07) is -1.75. The van der Waals surface area contributed by atoms with Gasteiger partial charge in [-0.25, -0.2) is 19.2 Å². The fraction of sp³-hybridized carbons (Fsp3) is 0.923. The lowest BCUT2D eigenvalue weighted by Gasteiger charge is -2.70. The predicted octanol–water partition coefficient (Wildman–Crippen LogP) is 10.7. The summed E-state index contributed by atoms with van der Waals surface area (Å²) in [4.78, 5) is 54.7. The fourth-order valence-electron chi connectivity index (χ4n) is 13.5. The van der Waals surface area contributed by atoms with Gasteiger partial charge in [-0.05, 0) is 185 Å². The summed E-state index contributed by atoms with van der Waals surface area (Å²) in [5, 5.41) is 28.7. The Morgan fingerprint density at radius 1 is 0.641 bits per heavy atom. The summed E-state index contributed by atoms with van der Waals surface area (Å²) in [6.07, 6.45) is 5.96. The molecule has 0 saturated heterocycles. The van der Waals surface area contributed by atoms with E-state index in [4.69, 9.17) is 18.9 Å². The van der Waals surface area contributed by atoms with E-state index in [1.807, 2.05) is 34.6 Å². The fourth-order valence-corrected chi connectivity index (χ4v) is 13.5. The van der Waals surface area contributed by atoms with Crippen molar-refractivity contribution in [3.8, 4) is 0 Å². The minimum atomic E-state index is -1.07. The van der Waals surface area contributed by atoms with Gasteiger partial charge in [0.1, 0.15) is 35.5 Å². The molecule has 0 aliphatic heterocycles. The molecule has 12 heteroatoms. The minimum absolute atomic E-state index is 0.0846. The number of rotatable bonds is 15. The van der Waals surface area contributed by atoms with Crippen LogP contribution in [-0.2, 0) is 28.5 Å². The Morgan fingerprint density at radius 2 is 1.12 bits per heavy atom. The summed E-state index contributed by atoms with van der Waals surface area (Å²) >= 11 is 0. The molecule has 0 bridgehead atoms. The average molecular weight is 905 g/mol. The Kier molecular flexibility index (Phi) is 16.2. The van der Waals surface area contributed by atoms with Gasteiger partial charge in [-0.15, -0.1) is 0 Å². The van der Waals surface area contributed by atoms with E-state index in [1.165, 1.54) is 0 Å². The number of alkyl carbamates (subject to hydrolysis) is 2. The first-order chi connectivity index (χ1) is 29.0. The van der Waals surface area contributed by atoms with E-state index in [-0.39, 0.29) is 57.9 Å². The molecule has 0 aromatic carbocycles. The molecule has 4 aliphatic carbocycles.